The summed E-state index contributed by atoms with van der Waals surface area (Å²) in [6, 6.07) is 8.17. The third-order valence-corrected chi connectivity index (χ3v) is 6.12. The van der Waals surface area contributed by atoms with Gasteiger partial charge >= 0.3 is 0 Å². The lowest BCUT2D eigenvalue weighted by molar-refractivity contribution is -0.120. The first-order valence-corrected chi connectivity index (χ1v) is 11.3. The molecule has 1 aliphatic rings. The minimum atomic E-state index is -0.285. The van der Waals surface area contributed by atoms with Crippen molar-refractivity contribution < 1.29 is 9.21 Å². The van der Waals surface area contributed by atoms with Gasteiger partial charge in [0.2, 0.25) is 11.8 Å². The highest BCUT2D eigenvalue weighted by Gasteiger charge is 2.19. The maximum Gasteiger partial charge on any atom is 0.277 e. The second-order valence-electron chi connectivity index (χ2n) is 8.61. The minimum Gasteiger partial charge on any atom is -0.411 e. The summed E-state index contributed by atoms with van der Waals surface area (Å²) in [4.78, 5) is 12.4. The summed E-state index contributed by atoms with van der Waals surface area (Å²) in [6.07, 6.45) is 8.16. The number of aromatic nitrogens is 2. The van der Waals surface area contributed by atoms with Crippen LogP contribution in [0.1, 0.15) is 65.4 Å². The van der Waals surface area contributed by atoms with Crippen molar-refractivity contribution in [1.29, 1.82) is 0 Å². The predicted octanol–water partition coefficient (Wildman–Crippen LogP) is 5.52. The number of rotatable bonds is 7. The molecule has 1 aromatic carbocycles. The molecule has 1 aliphatic carbocycles. The molecule has 0 unspecified atom stereocenters. The predicted molar refractivity (Wildman–Crippen MR) is 118 cm³/mol. The van der Waals surface area contributed by atoms with Crippen LogP contribution in [0, 0.1) is 0 Å². The molecule has 1 amide bonds. The molecule has 1 heterocycles. The molecule has 156 valence electrons. The fraction of sp³-hybridized carbons (Fsp3) is 0.522. The molecule has 1 N–H and O–H groups in total. The first-order valence-electron chi connectivity index (χ1n) is 10.4. The van der Waals surface area contributed by atoms with Crippen molar-refractivity contribution in [3.8, 4) is 11.5 Å². The Morgan fingerprint density at radius 2 is 1.97 bits per heavy atom. The second kappa shape index (κ2) is 9.61. The number of allylic oxidation sites excluding steroid dienone is 1. The number of hydrogen-bond acceptors (Lipinski definition) is 5. The molecular weight excluding hydrogens is 382 g/mol. The fourth-order valence-corrected chi connectivity index (χ4v) is 4.02. The Hall–Kier alpha value is -2.08. The van der Waals surface area contributed by atoms with Crippen LogP contribution in [0.25, 0.3) is 11.5 Å². The van der Waals surface area contributed by atoms with E-state index in [0.29, 0.717) is 17.7 Å². The van der Waals surface area contributed by atoms with Crippen LogP contribution < -0.4 is 5.32 Å². The lowest BCUT2D eigenvalue weighted by Gasteiger charge is -2.18. The molecule has 5 nitrogen and oxygen atoms in total. The Labute approximate surface area is 177 Å². The van der Waals surface area contributed by atoms with Gasteiger partial charge in [-0.05, 0) is 62.1 Å². The van der Waals surface area contributed by atoms with E-state index in [2.05, 4.69) is 54.5 Å². The molecule has 0 radical (unpaired) electrons. The maximum atomic E-state index is 12.4. The van der Waals surface area contributed by atoms with Crippen molar-refractivity contribution in [2.75, 3.05) is 6.54 Å². The fourth-order valence-electron chi connectivity index (χ4n) is 3.31. The van der Waals surface area contributed by atoms with Crippen molar-refractivity contribution >= 4 is 17.7 Å². The topological polar surface area (TPSA) is 68.0 Å². The van der Waals surface area contributed by atoms with Crippen LogP contribution in [-0.2, 0) is 10.2 Å². The highest BCUT2D eigenvalue weighted by Crippen LogP contribution is 2.28. The quantitative estimate of drug-likeness (QED) is 0.478. The average molecular weight is 414 g/mol. The zero-order valence-corrected chi connectivity index (χ0v) is 18.6. The Morgan fingerprint density at radius 3 is 2.62 bits per heavy atom. The van der Waals surface area contributed by atoms with E-state index in [4.69, 9.17) is 4.42 Å². The summed E-state index contributed by atoms with van der Waals surface area (Å²) < 4.78 is 5.77. The van der Waals surface area contributed by atoms with Crippen LogP contribution in [0.3, 0.4) is 0 Å². The summed E-state index contributed by atoms with van der Waals surface area (Å²) >= 11 is 1.29. The SMILES string of the molecule is C[C@H](Sc1nnc(-c2ccc(C(C)(C)C)cc2)o1)C(=O)NCCC1=CCCCC1. The van der Waals surface area contributed by atoms with Gasteiger partial charge in [0, 0.05) is 12.1 Å². The van der Waals surface area contributed by atoms with Crippen LogP contribution in [0.4, 0.5) is 0 Å². The summed E-state index contributed by atoms with van der Waals surface area (Å²) in [5, 5.41) is 11.4. The normalized spacial score (nSPS) is 15.7. The van der Waals surface area contributed by atoms with E-state index >= 15 is 0 Å². The van der Waals surface area contributed by atoms with Crippen molar-refractivity contribution in [2.24, 2.45) is 0 Å². The van der Waals surface area contributed by atoms with E-state index < -0.39 is 0 Å². The Balaban J connectivity index is 1.51. The average Bonchev–Trinajstić information content (AvgIpc) is 3.16. The number of nitrogens with one attached hydrogen (secondary N) is 1. The van der Waals surface area contributed by atoms with Gasteiger partial charge in [-0.2, -0.15) is 0 Å². The molecular formula is C23H31N3O2S. The van der Waals surface area contributed by atoms with Gasteiger partial charge in [-0.3, -0.25) is 4.79 Å². The standard InChI is InChI=1S/C23H31N3O2S/c1-16(20(27)24-15-14-17-8-6-5-7-9-17)29-22-26-25-21(28-22)18-10-12-19(13-11-18)23(2,3)4/h8,10-13,16H,5-7,9,14-15H2,1-4H3,(H,24,27)/t16-/m0/s1. The van der Waals surface area contributed by atoms with Crippen LogP contribution in [0.5, 0.6) is 0 Å². The molecule has 0 saturated carbocycles. The molecule has 0 aliphatic heterocycles. The van der Waals surface area contributed by atoms with Gasteiger partial charge in [0.1, 0.15) is 0 Å². The minimum absolute atomic E-state index is 0.000638. The summed E-state index contributed by atoms with van der Waals surface area (Å²) in [5.41, 5.74) is 3.71. The third kappa shape index (κ3) is 6.20. The molecule has 0 saturated heterocycles. The number of nitrogens with zero attached hydrogens (tertiary/aromatic N) is 2. The van der Waals surface area contributed by atoms with Gasteiger partial charge in [0.25, 0.3) is 5.22 Å². The molecule has 1 atom stereocenters. The zero-order valence-electron chi connectivity index (χ0n) is 17.8. The van der Waals surface area contributed by atoms with Gasteiger partial charge in [-0.15, -0.1) is 10.2 Å². The first kappa shape index (κ1) is 21.6. The van der Waals surface area contributed by atoms with Gasteiger partial charge in [-0.25, -0.2) is 0 Å². The molecule has 1 aromatic heterocycles. The molecule has 3 rings (SSSR count). The third-order valence-electron chi connectivity index (χ3n) is 5.18. The molecule has 0 fully saturated rings. The molecule has 0 bridgehead atoms. The Bertz CT molecular complexity index is 850. The van der Waals surface area contributed by atoms with E-state index in [1.807, 2.05) is 19.1 Å². The van der Waals surface area contributed by atoms with E-state index in [1.165, 1.54) is 48.6 Å². The molecule has 29 heavy (non-hydrogen) atoms. The summed E-state index contributed by atoms with van der Waals surface area (Å²) in [5.74, 6) is 0.477. The Morgan fingerprint density at radius 1 is 1.21 bits per heavy atom. The van der Waals surface area contributed by atoms with Crippen LogP contribution in [0.2, 0.25) is 0 Å². The van der Waals surface area contributed by atoms with Crippen LogP contribution >= 0.6 is 11.8 Å². The second-order valence-corrected chi connectivity index (χ2v) is 9.90. The van der Waals surface area contributed by atoms with E-state index in [0.717, 1.165) is 12.0 Å². The summed E-state index contributed by atoms with van der Waals surface area (Å²) in [7, 11) is 0. The number of carbonyl (C=O) groups excluding carboxylic acids is 1. The summed E-state index contributed by atoms with van der Waals surface area (Å²) in [6.45, 7) is 9.10. The van der Waals surface area contributed by atoms with Gasteiger partial charge in [-0.1, -0.05) is 56.3 Å². The van der Waals surface area contributed by atoms with Gasteiger partial charge < -0.3 is 9.73 Å². The van der Waals surface area contributed by atoms with E-state index in [-0.39, 0.29) is 16.6 Å². The van der Waals surface area contributed by atoms with Crippen LogP contribution in [-0.4, -0.2) is 27.9 Å². The molecule has 2 aromatic rings. The van der Waals surface area contributed by atoms with Crippen LogP contribution in [0.15, 0.2) is 45.6 Å². The number of carbonyl (C=O) groups is 1. The molecule has 0 spiro atoms. The Kier molecular flexibility index (Phi) is 7.17. The lowest BCUT2D eigenvalue weighted by Crippen LogP contribution is -2.31. The van der Waals surface area contributed by atoms with Gasteiger partial charge in [0.15, 0.2) is 0 Å². The van der Waals surface area contributed by atoms with Crippen molar-refractivity contribution in [1.82, 2.24) is 15.5 Å². The highest BCUT2D eigenvalue weighted by molar-refractivity contribution is 8.00. The first-order chi connectivity index (χ1) is 13.8. The van der Waals surface area contributed by atoms with E-state index in [9.17, 15) is 4.79 Å². The van der Waals surface area contributed by atoms with Crippen molar-refractivity contribution in [3.05, 3.63) is 41.5 Å². The number of thioether (sulfide) groups is 1. The largest absolute Gasteiger partial charge is 0.411 e. The smallest absolute Gasteiger partial charge is 0.277 e. The van der Waals surface area contributed by atoms with E-state index in [1.54, 1.807) is 0 Å². The lowest BCUT2D eigenvalue weighted by atomic mass is 9.87. The zero-order chi connectivity index (χ0) is 20.9. The maximum absolute atomic E-state index is 12.4. The van der Waals surface area contributed by atoms with Gasteiger partial charge in [0.05, 0.1) is 5.25 Å². The van der Waals surface area contributed by atoms with Crippen molar-refractivity contribution in [3.63, 3.8) is 0 Å². The molecule has 6 heteroatoms. The highest BCUT2D eigenvalue weighted by atomic mass is 32.2. The number of benzene rings is 1. The number of amides is 1. The monoisotopic (exact) mass is 413 g/mol. The van der Waals surface area contributed by atoms with Crippen molar-refractivity contribution in [2.45, 2.75) is 75.7 Å². The number of hydrogen-bond donors (Lipinski definition) is 1.